The Balaban J connectivity index is 1.46. The van der Waals surface area contributed by atoms with E-state index in [9.17, 15) is 9.90 Å². The Bertz CT molecular complexity index is 1180. The number of benzene rings is 1. The first-order valence-corrected chi connectivity index (χ1v) is 12.3. The molecule has 2 aromatic heterocycles. The molecule has 35 heavy (non-hydrogen) atoms. The number of carboxylic acids is 1. The van der Waals surface area contributed by atoms with Gasteiger partial charge >= 0.3 is 5.97 Å². The van der Waals surface area contributed by atoms with Gasteiger partial charge in [0.25, 0.3) is 0 Å². The van der Waals surface area contributed by atoms with E-state index in [2.05, 4.69) is 30.7 Å². The summed E-state index contributed by atoms with van der Waals surface area (Å²) < 4.78 is 7.53. The molecule has 0 amide bonds. The van der Waals surface area contributed by atoms with Crippen molar-refractivity contribution in [2.45, 2.75) is 18.5 Å². The van der Waals surface area contributed by atoms with Crippen LogP contribution in [0.2, 0.25) is 0 Å². The molecule has 0 aliphatic carbocycles. The van der Waals surface area contributed by atoms with Gasteiger partial charge in [0.05, 0.1) is 36.6 Å². The van der Waals surface area contributed by atoms with Crippen LogP contribution in [0, 0.1) is 0 Å². The lowest BCUT2D eigenvalue weighted by Gasteiger charge is -2.31. The Morgan fingerprint density at radius 2 is 1.97 bits per heavy atom. The molecule has 0 saturated carbocycles. The predicted molar refractivity (Wildman–Crippen MR) is 137 cm³/mol. The zero-order valence-corrected chi connectivity index (χ0v) is 20.2. The van der Waals surface area contributed by atoms with Crippen LogP contribution in [-0.2, 0) is 4.74 Å². The Labute approximate surface area is 210 Å². The molecule has 182 valence electrons. The highest BCUT2D eigenvalue weighted by Gasteiger charge is 2.41. The molecule has 5 rings (SSSR count). The molecule has 0 radical (unpaired) electrons. The fourth-order valence-electron chi connectivity index (χ4n) is 4.92. The summed E-state index contributed by atoms with van der Waals surface area (Å²) in [6, 6.07) is 16.8. The molecule has 2 fully saturated rings. The second-order valence-corrected chi connectivity index (χ2v) is 9.17. The smallest absolute Gasteiger partial charge is 0.335 e. The molecule has 8 nitrogen and oxygen atoms in total. The summed E-state index contributed by atoms with van der Waals surface area (Å²) >= 11 is 5.82. The summed E-state index contributed by atoms with van der Waals surface area (Å²) in [4.78, 5) is 20.9. The van der Waals surface area contributed by atoms with E-state index in [0.29, 0.717) is 5.11 Å². The van der Waals surface area contributed by atoms with E-state index in [-0.39, 0.29) is 17.6 Å². The van der Waals surface area contributed by atoms with Crippen LogP contribution in [0.5, 0.6) is 0 Å². The lowest BCUT2D eigenvalue weighted by molar-refractivity contribution is 0.0365. The summed E-state index contributed by atoms with van der Waals surface area (Å²) in [5.41, 5.74) is 3.01. The number of nitrogens with one attached hydrogen (secondary N) is 1. The highest BCUT2D eigenvalue weighted by Crippen LogP contribution is 2.39. The number of aromatic carboxylic acids is 1. The molecule has 0 spiro atoms. The highest BCUT2D eigenvalue weighted by atomic mass is 32.1. The Morgan fingerprint density at radius 3 is 2.74 bits per heavy atom. The van der Waals surface area contributed by atoms with E-state index in [4.69, 9.17) is 17.0 Å². The molecule has 3 aromatic rings. The first-order valence-electron chi connectivity index (χ1n) is 11.9. The second kappa shape index (κ2) is 10.6. The third-order valence-corrected chi connectivity index (χ3v) is 6.98. The summed E-state index contributed by atoms with van der Waals surface area (Å²) in [5, 5.41) is 13.7. The lowest BCUT2D eigenvalue weighted by Crippen LogP contribution is -2.39. The maximum Gasteiger partial charge on any atom is 0.335 e. The van der Waals surface area contributed by atoms with Crippen molar-refractivity contribution in [2.75, 3.05) is 39.4 Å². The normalized spacial score (nSPS) is 20.7. The molecule has 0 unspecified atom stereocenters. The van der Waals surface area contributed by atoms with Gasteiger partial charge < -0.3 is 24.6 Å². The van der Waals surface area contributed by atoms with Crippen molar-refractivity contribution in [3.8, 4) is 5.69 Å². The number of carboxylic acid groups (broad SMARTS) is 1. The molecule has 0 bridgehead atoms. The average Bonchev–Trinajstić information content (AvgIpc) is 3.50. The van der Waals surface area contributed by atoms with E-state index in [0.717, 1.165) is 62.9 Å². The number of thiocarbonyl (C=S) groups is 1. The van der Waals surface area contributed by atoms with Crippen molar-refractivity contribution >= 4 is 23.3 Å². The summed E-state index contributed by atoms with van der Waals surface area (Å²) in [6.07, 6.45) is 4.75. The number of nitrogens with zero attached hydrogens (tertiary/aromatic N) is 4. The van der Waals surface area contributed by atoms with Gasteiger partial charge in [-0.05, 0) is 61.1 Å². The Morgan fingerprint density at radius 1 is 1.11 bits per heavy atom. The van der Waals surface area contributed by atoms with E-state index in [1.165, 1.54) is 0 Å². The lowest BCUT2D eigenvalue weighted by atomic mass is 10.0. The maximum atomic E-state index is 11.6. The molecule has 2 atom stereocenters. The van der Waals surface area contributed by atoms with Gasteiger partial charge in [-0.25, -0.2) is 4.79 Å². The van der Waals surface area contributed by atoms with E-state index < -0.39 is 5.97 Å². The topological polar surface area (TPSA) is 82.9 Å². The van der Waals surface area contributed by atoms with Gasteiger partial charge in [0, 0.05) is 50.0 Å². The fourth-order valence-corrected chi connectivity index (χ4v) is 5.25. The minimum absolute atomic E-state index is 0.0921. The zero-order chi connectivity index (χ0) is 24.2. The number of carbonyl (C=O) groups is 1. The van der Waals surface area contributed by atoms with Crippen molar-refractivity contribution in [1.82, 2.24) is 24.7 Å². The third-order valence-electron chi connectivity index (χ3n) is 6.63. The van der Waals surface area contributed by atoms with Gasteiger partial charge in [0.2, 0.25) is 0 Å². The van der Waals surface area contributed by atoms with Gasteiger partial charge in [0.15, 0.2) is 5.11 Å². The average molecular weight is 492 g/mol. The molecule has 2 aliphatic rings. The van der Waals surface area contributed by atoms with Gasteiger partial charge in [-0.1, -0.05) is 12.1 Å². The minimum Gasteiger partial charge on any atom is -0.478 e. The van der Waals surface area contributed by atoms with Crippen molar-refractivity contribution in [1.29, 1.82) is 0 Å². The monoisotopic (exact) mass is 491 g/mol. The Kier molecular flexibility index (Phi) is 7.08. The van der Waals surface area contributed by atoms with Crippen molar-refractivity contribution in [3.05, 3.63) is 83.9 Å². The van der Waals surface area contributed by atoms with Crippen LogP contribution in [-0.4, -0.2) is 74.9 Å². The molecule has 1 aromatic carbocycles. The number of pyridine rings is 1. The van der Waals surface area contributed by atoms with Crippen LogP contribution in [0.3, 0.4) is 0 Å². The first kappa shape index (κ1) is 23.5. The van der Waals surface area contributed by atoms with Crippen LogP contribution in [0.1, 0.15) is 40.3 Å². The predicted octanol–water partition coefficient (Wildman–Crippen LogP) is 3.27. The third kappa shape index (κ3) is 5.07. The van der Waals surface area contributed by atoms with E-state index >= 15 is 0 Å². The first-order chi connectivity index (χ1) is 17.1. The Hall–Kier alpha value is -3.27. The molecule has 2 N–H and O–H groups in total. The fraction of sp³-hybridized carbons (Fsp3) is 0.346. The molecular weight excluding hydrogens is 462 g/mol. The second-order valence-electron chi connectivity index (χ2n) is 8.79. The van der Waals surface area contributed by atoms with Crippen molar-refractivity contribution in [2.24, 2.45) is 0 Å². The number of hydrogen-bond acceptors (Lipinski definition) is 5. The summed E-state index contributed by atoms with van der Waals surface area (Å²) in [6.45, 7) is 5.30. The van der Waals surface area contributed by atoms with Gasteiger partial charge in [-0.3, -0.25) is 9.88 Å². The number of morpholine rings is 1. The maximum absolute atomic E-state index is 11.6. The minimum atomic E-state index is -0.944. The van der Waals surface area contributed by atoms with Gasteiger partial charge in [0.1, 0.15) is 0 Å². The molecule has 2 aliphatic heterocycles. The SMILES string of the molecule is O=C(O)c1cccc(-n2cccc2[C@@H]2[C@H](c3ccccn3)NC(=S)N2CCCN2CCOCC2)c1. The summed E-state index contributed by atoms with van der Waals surface area (Å²) in [7, 11) is 0. The van der Waals surface area contributed by atoms with Crippen LogP contribution >= 0.6 is 12.2 Å². The highest BCUT2D eigenvalue weighted by molar-refractivity contribution is 7.80. The number of rotatable bonds is 8. The zero-order valence-electron chi connectivity index (χ0n) is 19.4. The van der Waals surface area contributed by atoms with E-state index in [1.54, 1.807) is 24.4 Å². The van der Waals surface area contributed by atoms with Gasteiger partial charge in [-0.15, -0.1) is 0 Å². The molecular formula is C26H29N5O3S. The molecule has 4 heterocycles. The van der Waals surface area contributed by atoms with Crippen LogP contribution < -0.4 is 5.32 Å². The van der Waals surface area contributed by atoms with Crippen molar-refractivity contribution in [3.63, 3.8) is 0 Å². The molecule has 2 saturated heterocycles. The van der Waals surface area contributed by atoms with Crippen molar-refractivity contribution < 1.29 is 14.6 Å². The number of hydrogen-bond donors (Lipinski definition) is 2. The van der Waals surface area contributed by atoms with Crippen LogP contribution in [0.25, 0.3) is 5.69 Å². The van der Waals surface area contributed by atoms with Gasteiger partial charge in [-0.2, -0.15) is 0 Å². The summed E-state index contributed by atoms with van der Waals surface area (Å²) in [5.74, 6) is -0.944. The number of ether oxygens (including phenoxy) is 1. The number of aromatic nitrogens is 2. The quantitative estimate of drug-likeness (QED) is 0.465. The largest absolute Gasteiger partial charge is 0.478 e. The standard InChI is InChI=1S/C26H29N5O3S/c32-25(33)19-6-3-7-20(18-19)30-12-4-9-22(30)24-23(21-8-1-2-10-27-21)28-26(35)31(24)13-5-11-29-14-16-34-17-15-29/h1-4,6-10,12,18,23-24H,5,11,13-17H2,(H,28,35)(H,32,33)/t23-,24+/m0/s1. The van der Waals surface area contributed by atoms with Crippen LogP contribution in [0.4, 0.5) is 0 Å². The van der Waals surface area contributed by atoms with Crippen LogP contribution in [0.15, 0.2) is 67.0 Å². The van der Waals surface area contributed by atoms with E-state index in [1.807, 2.05) is 36.5 Å². The molecule has 9 heteroatoms.